The molecule has 0 spiro atoms. The molecule has 1 aromatic heterocycles. The van der Waals surface area contributed by atoms with Crippen LogP contribution in [0.2, 0.25) is 0 Å². The number of carbonyl (C=O) groups is 1. The molecule has 90 valence electrons. The summed E-state index contributed by atoms with van der Waals surface area (Å²) < 4.78 is 2.55. The number of carboxylic acid groups (broad SMARTS) is 1. The van der Waals surface area contributed by atoms with E-state index in [2.05, 4.69) is 21.0 Å². The molecule has 0 fully saturated rings. The van der Waals surface area contributed by atoms with Gasteiger partial charge in [0, 0.05) is 11.6 Å². The highest BCUT2D eigenvalue weighted by atomic mass is 79.9. The van der Waals surface area contributed by atoms with Crippen molar-refractivity contribution in [3.63, 3.8) is 0 Å². The number of carboxylic acids is 1. The average Bonchev–Trinajstić information content (AvgIpc) is 2.47. The Morgan fingerprint density at radius 1 is 1.44 bits per heavy atom. The zero-order chi connectivity index (χ0) is 12.5. The average molecular weight is 289 g/mol. The molecule has 1 heterocycles. The molecule has 0 aliphatic heterocycles. The maximum atomic E-state index is 11.2. The molecule has 1 atom stereocenters. The number of halogens is 1. The summed E-state index contributed by atoms with van der Waals surface area (Å²) in [6.07, 6.45) is 1.64. The van der Waals surface area contributed by atoms with Crippen LogP contribution in [0.25, 0.3) is 0 Å². The number of aromatic nitrogens is 2. The van der Waals surface area contributed by atoms with Crippen LogP contribution in [0.3, 0.4) is 0 Å². The van der Waals surface area contributed by atoms with E-state index in [9.17, 15) is 9.90 Å². The van der Waals surface area contributed by atoms with Crippen molar-refractivity contribution >= 4 is 21.9 Å². The van der Waals surface area contributed by atoms with Gasteiger partial charge in [-0.25, -0.2) is 0 Å². The van der Waals surface area contributed by atoms with E-state index in [-0.39, 0.29) is 12.0 Å². The van der Waals surface area contributed by atoms with E-state index in [0.717, 1.165) is 10.2 Å². The van der Waals surface area contributed by atoms with Crippen molar-refractivity contribution in [1.82, 2.24) is 9.78 Å². The van der Waals surface area contributed by atoms with Crippen LogP contribution in [-0.2, 0) is 4.79 Å². The highest BCUT2D eigenvalue weighted by molar-refractivity contribution is 9.10. The normalized spacial score (nSPS) is 13.4. The quantitative estimate of drug-likeness (QED) is 0.926. The molecule has 1 N–H and O–H groups in total. The van der Waals surface area contributed by atoms with Crippen molar-refractivity contribution in [1.29, 1.82) is 0 Å². The number of rotatable bonds is 4. The van der Waals surface area contributed by atoms with E-state index >= 15 is 0 Å². The molecular weight excluding hydrogens is 272 g/mol. The maximum absolute atomic E-state index is 11.2. The fourth-order valence-corrected chi connectivity index (χ4v) is 2.56. The predicted octanol–water partition coefficient (Wildman–Crippen LogP) is 3.05. The molecule has 5 heteroatoms. The van der Waals surface area contributed by atoms with E-state index in [1.165, 1.54) is 0 Å². The van der Waals surface area contributed by atoms with Crippen molar-refractivity contribution in [2.75, 3.05) is 0 Å². The van der Waals surface area contributed by atoms with E-state index in [1.807, 2.05) is 27.7 Å². The summed E-state index contributed by atoms with van der Waals surface area (Å²) >= 11 is 3.43. The van der Waals surface area contributed by atoms with Crippen molar-refractivity contribution in [2.24, 2.45) is 5.92 Å². The summed E-state index contributed by atoms with van der Waals surface area (Å²) in [4.78, 5) is 11.2. The second kappa shape index (κ2) is 4.99. The molecule has 0 saturated heterocycles. The Labute approximate surface area is 104 Å². The Balaban J connectivity index is 3.16. The standard InChI is InChI=1S/C11H17BrN2O2/c1-6(2)9(11(15)16)8-5-13-14(7(3)4)10(8)12/h5-7,9H,1-4H3,(H,15,16). The summed E-state index contributed by atoms with van der Waals surface area (Å²) in [6.45, 7) is 7.81. The minimum atomic E-state index is -0.806. The van der Waals surface area contributed by atoms with Crippen LogP contribution in [0, 0.1) is 5.92 Å². The van der Waals surface area contributed by atoms with Gasteiger partial charge < -0.3 is 5.11 Å². The molecule has 1 unspecified atom stereocenters. The lowest BCUT2D eigenvalue weighted by molar-refractivity contribution is -0.139. The van der Waals surface area contributed by atoms with Crippen LogP contribution in [0.4, 0.5) is 0 Å². The molecule has 4 nitrogen and oxygen atoms in total. The van der Waals surface area contributed by atoms with Crippen LogP contribution >= 0.6 is 15.9 Å². The molecule has 1 rings (SSSR count). The van der Waals surface area contributed by atoms with Crippen LogP contribution in [-0.4, -0.2) is 20.9 Å². The summed E-state index contributed by atoms with van der Waals surface area (Å²) in [5.74, 6) is -1.28. The monoisotopic (exact) mass is 288 g/mol. The number of aliphatic carboxylic acids is 1. The van der Waals surface area contributed by atoms with Gasteiger partial charge >= 0.3 is 5.97 Å². The Kier molecular flexibility index (Phi) is 4.13. The van der Waals surface area contributed by atoms with Crippen LogP contribution in [0.5, 0.6) is 0 Å². The van der Waals surface area contributed by atoms with Gasteiger partial charge in [-0.1, -0.05) is 13.8 Å². The molecular formula is C11H17BrN2O2. The third-order valence-corrected chi connectivity index (χ3v) is 3.34. The third kappa shape index (κ3) is 2.45. The molecule has 0 bridgehead atoms. The van der Waals surface area contributed by atoms with Gasteiger partial charge in [-0.05, 0) is 35.7 Å². The molecule has 0 aliphatic carbocycles. The second-order valence-corrected chi connectivity index (χ2v) is 5.24. The lowest BCUT2D eigenvalue weighted by Crippen LogP contribution is -2.17. The first-order chi connectivity index (χ1) is 7.36. The van der Waals surface area contributed by atoms with Gasteiger partial charge in [0.15, 0.2) is 0 Å². The van der Waals surface area contributed by atoms with E-state index in [4.69, 9.17) is 0 Å². The van der Waals surface area contributed by atoms with E-state index in [1.54, 1.807) is 10.9 Å². The fourth-order valence-electron chi connectivity index (χ4n) is 1.71. The fraction of sp³-hybridized carbons (Fsp3) is 0.636. The molecule has 0 aromatic carbocycles. The topological polar surface area (TPSA) is 55.1 Å². The Morgan fingerprint density at radius 3 is 2.31 bits per heavy atom. The third-order valence-electron chi connectivity index (χ3n) is 2.52. The van der Waals surface area contributed by atoms with E-state index in [0.29, 0.717) is 0 Å². The molecule has 0 aliphatic rings. The van der Waals surface area contributed by atoms with Crippen LogP contribution in [0.15, 0.2) is 10.8 Å². The Hall–Kier alpha value is -0.840. The van der Waals surface area contributed by atoms with Gasteiger partial charge in [0.25, 0.3) is 0 Å². The zero-order valence-electron chi connectivity index (χ0n) is 9.94. The van der Waals surface area contributed by atoms with Gasteiger partial charge in [-0.15, -0.1) is 0 Å². The second-order valence-electron chi connectivity index (χ2n) is 4.49. The lowest BCUT2D eigenvalue weighted by Gasteiger charge is -2.16. The van der Waals surface area contributed by atoms with Gasteiger partial charge in [-0.3, -0.25) is 9.48 Å². The first-order valence-corrected chi connectivity index (χ1v) is 6.11. The number of nitrogens with zero attached hydrogens (tertiary/aromatic N) is 2. The highest BCUT2D eigenvalue weighted by Crippen LogP contribution is 2.31. The van der Waals surface area contributed by atoms with Crippen LogP contribution in [0.1, 0.15) is 45.2 Å². The summed E-state index contributed by atoms with van der Waals surface area (Å²) in [5.41, 5.74) is 0.746. The van der Waals surface area contributed by atoms with E-state index < -0.39 is 11.9 Å². The lowest BCUT2D eigenvalue weighted by atomic mass is 9.91. The summed E-state index contributed by atoms with van der Waals surface area (Å²) in [7, 11) is 0. The first kappa shape index (κ1) is 13.2. The van der Waals surface area contributed by atoms with Gasteiger partial charge in [0.1, 0.15) is 4.60 Å². The minimum absolute atomic E-state index is 0.0404. The van der Waals surface area contributed by atoms with Gasteiger partial charge in [0.2, 0.25) is 0 Å². The maximum Gasteiger partial charge on any atom is 0.311 e. The minimum Gasteiger partial charge on any atom is -0.481 e. The molecule has 0 amide bonds. The van der Waals surface area contributed by atoms with Crippen molar-refractivity contribution in [3.8, 4) is 0 Å². The van der Waals surface area contributed by atoms with Crippen LogP contribution < -0.4 is 0 Å². The molecule has 16 heavy (non-hydrogen) atoms. The smallest absolute Gasteiger partial charge is 0.311 e. The van der Waals surface area contributed by atoms with Gasteiger partial charge in [0.05, 0.1) is 12.1 Å². The van der Waals surface area contributed by atoms with Crippen molar-refractivity contribution < 1.29 is 9.90 Å². The Morgan fingerprint density at radius 2 is 2.00 bits per heavy atom. The number of hydrogen-bond acceptors (Lipinski definition) is 2. The van der Waals surface area contributed by atoms with Crippen molar-refractivity contribution in [3.05, 3.63) is 16.4 Å². The SMILES string of the molecule is CC(C)C(C(=O)O)c1cnn(C(C)C)c1Br. The molecule has 1 aromatic rings. The first-order valence-electron chi connectivity index (χ1n) is 5.32. The molecule has 0 radical (unpaired) electrons. The summed E-state index contributed by atoms with van der Waals surface area (Å²) in [5, 5.41) is 13.4. The predicted molar refractivity (Wildman–Crippen MR) is 65.5 cm³/mol. The Bertz CT molecular complexity index is 385. The highest BCUT2D eigenvalue weighted by Gasteiger charge is 2.28. The summed E-state index contributed by atoms with van der Waals surface area (Å²) in [6, 6.07) is 0.213. The zero-order valence-corrected chi connectivity index (χ0v) is 11.5. The van der Waals surface area contributed by atoms with Gasteiger partial charge in [-0.2, -0.15) is 5.10 Å². The number of hydrogen-bond donors (Lipinski definition) is 1. The largest absolute Gasteiger partial charge is 0.481 e. The van der Waals surface area contributed by atoms with Crippen molar-refractivity contribution in [2.45, 2.75) is 39.7 Å². The molecule has 0 saturated carbocycles.